The van der Waals surface area contributed by atoms with E-state index < -0.39 is 5.82 Å². The number of hydrogen-bond acceptors (Lipinski definition) is 2. The highest BCUT2D eigenvalue weighted by Gasteiger charge is 2.02. The lowest BCUT2D eigenvalue weighted by Gasteiger charge is -2.20. The summed E-state index contributed by atoms with van der Waals surface area (Å²) in [5.74, 6) is -0.470. The van der Waals surface area contributed by atoms with Crippen LogP contribution in [0.3, 0.4) is 0 Å². The first-order chi connectivity index (χ1) is 8.59. The molecule has 1 saturated heterocycles. The second-order valence-electron chi connectivity index (χ2n) is 4.03. The molecule has 2 rings (SSSR count). The van der Waals surface area contributed by atoms with Crippen molar-refractivity contribution >= 4 is 28.9 Å². The molecule has 1 aromatic rings. The van der Waals surface area contributed by atoms with Gasteiger partial charge in [0.15, 0.2) is 0 Å². The van der Waals surface area contributed by atoms with Gasteiger partial charge in [0.25, 0.3) is 0 Å². The minimum Gasteiger partial charge on any atom is -0.396 e. The monoisotopic (exact) mass is 294 g/mol. The minimum atomic E-state index is -0.470. The van der Waals surface area contributed by atoms with Crippen LogP contribution >= 0.6 is 23.2 Å². The van der Waals surface area contributed by atoms with Crippen LogP contribution in [-0.4, -0.2) is 31.4 Å². The van der Waals surface area contributed by atoms with Gasteiger partial charge in [0, 0.05) is 11.4 Å². The van der Waals surface area contributed by atoms with Crippen molar-refractivity contribution in [3.8, 4) is 0 Å². The van der Waals surface area contributed by atoms with Crippen LogP contribution in [0.25, 0.3) is 0 Å². The van der Waals surface area contributed by atoms with E-state index in [4.69, 9.17) is 17.3 Å². The van der Waals surface area contributed by atoms with Gasteiger partial charge in [0.05, 0.1) is 5.69 Å². The van der Waals surface area contributed by atoms with Crippen LogP contribution in [0.2, 0.25) is 5.02 Å². The Bertz CT molecular complexity index is 329. The fourth-order valence-corrected chi connectivity index (χ4v) is 1.71. The second-order valence-corrected chi connectivity index (χ2v) is 4.47. The van der Waals surface area contributed by atoms with Crippen molar-refractivity contribution in [2.75, 3.05) is 32.3 Å². The van der Waals surface area contributed by atoms with Gasteiger partial charge in [0.2, 0.25) is 0 Å². The molecule has 0 atom stereocenters. The van der Waals surface area contributed by atoms with E-state index in [1.165, 1.54) is 50.9 Å². The molecular weight excluding hydrogens is 274 g/mol. The maximum atomic E-state index is 12.4. The maximum absolute atomic E-state index is 12.4. The lowest BCUT2D eigenvalue weighted by molar-refractivity contribution is 0.277. The summed E-state index contributed by atoms with van der Waals surface area (Å²) in [5, 5.41) is 0.363. The first kappa shape index (κ1) is 17.5. The predicted molar refractivity (Wildman–Crippen MR) is 78.9 cm³/mol. The molecule has 0 amide bonds. The quantitative estimate of drug-likeness (QED) is 0.578. The number of hydrogen-bond donors (Lipinski definition) is 1. The molecule has 0 bridgehead atoms. The van der Waals surface area contributed by atoms with Gasteiger partial charge in [0.1, 0.15) is 5.82 Å². The molecule has 0 aromatic heterocycles. The van der Waals surface area contributed by atoms with Crippen molar-refractivity contribution in [3.63, 3.8) is 0 Å². The molecule has 1 aliphatic rings. The van der Waals surface area contributed by atoms with Gasteiger partial charge >= 0.3 is 0 Å². The molecule has 1 heterocycles. The van der Waals surface area contributed by atoms with E-state index in [1.54, 1.807) is 6.07 Å². The normalized spacial score (nSPS) is 14.9. The summed E-state index contributed by atoms with van der Waals surface area (Å²) in [4.78, 5) is 2.39. The molecule has 0 aliphatic carbocycles. The van der Waals surface area contributed by atoms with Gasteiger partial charge in [-0.25, -0.2) is 4.39 Å². The number of likely N-dealkylation sites (tertiary alicyclic amines) is 1. The zero-order valence-electron chi connectivity index (χ0n) is 10.9. The SMILES string of the molecule is CCl.CN1CCCCC1.Nc1ccc(Cl)cc1F. The summed E-state index contributed by atoms with van der Waals surface area (Å²) < 4.78 is 12.4. The number of piperidine rings is 1. The van der Waals surface area contributed by atoms with Crippen LogP contribution in [0.15, 0.2) is 18.2 Å². The number of anilines is 1. The second kappa shape index (κ2) is 10.4. The smallest absolute Gasteiger partial charge is 0.147 e. The van der Waals surface area contributed by atoms with E-state index in [2.05, 4.69) is 23.5 Å². The first-order valence-corrected chi connectivity index (χ1v) is 7.00. The molecule has 2 N–H and O–H groups in total. The van der Waals surface area contributed by atoms with Crippen LogP contribution < -0.4 is 5.73 Å². The summed E-state index contributed by atoms with van der Waals surface area (Å²) in [5.41, 5.74) is 5.28. The Morgan fingerprint density at radius 2 is 1.72 bits per heavy atom. The van der Waals surface area contributed by atoms with E-state index in [1.807, 2.05) is 0 Å². The third-order valence-electron chi connectivity index (χ3n) is 2.54. The summed E-state index contributed by atoms with van der Waals surface area (Å²) >= 11 is 10.1. The zero-order chi connectivity index (χ0) is 14.0. The molecule has 0 radical (unpaired) electrons. The molecule has 1 aliphatic heterocycles. The number of alkyl halides is 1. The highest BCUT2D eigenvalue weighted by atomic mass is 35.5. The fraction of sp³-hybridized carbons (Fsp3) is 0.538. The lowest BCUT2D eigenvalue weighted by atomic mass is 10.1. The highest BCUT2D eigenvalue weighted by molar-refractivity contribution is 6.30. The van der Waals surface area contributed by atoms with Crippen molar-refractivity contribution < 1.29 is 4.39 Å². The number of halogens is 3. The van der Waals surface area contributed by atoms with Crippen LogP contribution in [0.1, 0.15) is 19.3 Å². The summed E-state index contributed by atoms with van der Waals surface area (Å²) in [6, 6.07) is 4.15. The molecular formula is C13H21Cl2FN2. The molecule has 5 heteroatoms. The Labute approximate surface area is 119 Å². The number of nitrogen functional groups attached to an aromatic ring is 1. The van der Waals surface area contributed by atoms with Crippen molar-refractivity contribution in [2.45, 2.75) is 19.3 Å². The Hall–Kier alpha value is -0.510. The minimum absolute atomic E-state index is 0.124. The molecule has 104 valence electrons. The fourth-order valence-electron chi connectivity index (χ4n) is 1.55. The van der Waals surface area contributed by atoms with Gasteiger partial charge in [-0.15, -0.1) is 11.6 Å². The average Bonchev–Trinajstić information content (AvgIpc) is 2.38. The van der Waals surface area contributed by atoms with Gasteiger partial charge in [-0.1, -0.05) is 18.0 Å². The lowest BCUT2D eigenvalue weighted by Crippen LogP contribution is -2.24. The number of rotatable bonds is 0. The molecule has 2 nitrogen and oxygen atoms in total. The van der Waals surface area contributed by atoms with Crippen molar-refractivity contribution in [3.05, 3.63) is 29.0 Å². The number of nitrogens with zero attached hydrogens (tertiary/aromatic N) is 1. The van der Waals surface area contributed by atoms with E-state index >= 15 is 0 Å². The number of benzene rings is 1. The number of nitrogens with two attached hydrogens (primary N) is 1. The Balaban J connectivity index is 0.000000289. The van der Waals surface area contributed by atoms with Crippen LogP contribution in [-0.2, 0) is 0 Å². The van der Waals surface area contributed by atoms with Crippen LogP contribution in [0.4, 0.5) is 10.1 Å². The Morgan fingerprint density at radius 3 is 2.06 bits per heavy atom. The predicted octanol–water partition coefficient (Wildman–Crippen LogP) is 4.02. The van der Waals surface area contributed by atoms with E-state index in [0.717, 1.165) is 0 Å². The van der Waals surface area contributed by atoms with Crippen LogP contribution in [0, 0.1) is 5.82 Å². The highest BCUT2D eigenvalue weighted by Crippen LogP contribution is 2.15. The molecule has 0 unspecified atom stereocenters. The maximum Gasteiger partial charge on any atom is 0.147 e. The van der Waals surface area contributed by atoms with E-state index in [-0.39, 0.29) is 5.69 Å². The summed E-state index contributed by atoms with van der Waals surface area (Å²) in [6.07, 6.45) is 5.75. The van der Waals surface area contributed by atoms with Crippen molar-refractivity contribution in [2.24, 2.45) is 0 Å². The first-order valence-electron chi connectivity index (χ1n) is 5.86. The molecule has 1 aromatic carbocycles. The third kappa shape index (κ3) is 7.75. The Morgan fingerprint density at radius 1 is 1.17 bits per heavy atom. The van der Waals surface area contributed by atoms with Gasteiger partial charge < -0.3 is 10.6 Å². The molecule has 0 spiro atoms. The molecule has 1 fully saturated rings. The molecule has 18 heavy (non-hydrogen) atoms. The summed E-state index contributed by atoms with van der Waals surface area (Å²) in [7, 11) is 2.19. The van der Waals surface area contributed by atoms with Crippen molar-refractivity contribution in [1.29, 1.82) is 0 Å². The average molecular weight is 295 g/mol. The van der Waals surface area contributed by atoms with E-state index in [9.17, 15) is 4.39 Å². The van der Waals surface area contributed by atoms with Crippen LogP contribution in [0.5, 0.6) is 0 Å². The Kier molecular flexibility index (Phi) is 10.1. The van der Waals surface area contributed by atoms with Crippen molar-refractivity contribution in [1.82, 2.24) is 4.90 Å². The topological polar surface area (TPSA) is 29.3 Å². The molecule has 0 saturated carbocycles. The van der Waals surface area contributed by atoms with Gasteiger partial charge in [-0.3, -0.25) is 0 Å². The van der Waals surface area contributed by atoms with Gasteiger partial charge in [-0.05, 0) is 51.2 Å². The van der Waals surface area contributed by atoms with E-state index in [0.29, 0.717) is 5.02 Å². The van der Waals surface area contributed by atoms with Gasteiger partial charge in [-0.2, -0.15) is 0 Å². The summed E-state index contributed by atoms with van der Waals surface area (Å²) in [6.45, 7) is 2.64. The third-order valence-corrected chi connectivity index (χ3v) is 2.78. The largest absolute Gasteiger partial charge is 0.396 e. The zero-order valence-corrected chi connectivity index (χ0v) is 12.4. The standard InChI is InChI=1S/C6H5ClFN.C6H13N.CH3Cl/c7-4-1-2-6(9)5(8)3-4;1-7-5-3-2-4-6-7;1-2/h1-3H,9H2;2-6H2,1H3;1H3.